The third-order valence-corrected chi connectivity index (χ3v) is 5.75. The Labute approximate surface area is 148 Å². The van der Waals surface area contributed by atoms with Gasteiger partial charge in [-0.25, -0.2) is 4.98 Å². The molecule has 2 aromatic rings. The Morgan fingerprint density at radius 1 is 1.40 bits per heavy atom. The van der Waals surface area contributed by atoms with Crippen LogP contribution in [-0.4, -0.2) is 59.7 Å². The van der Waals surface area contributed by atoms with E-state index in [1.165, 1.54) is 0 Å². The Hall–Kier alpha value is -2.08. The molecule has 2 fully saturated rings. The van der Waals surface area contributed by atoms with Crippen molar-refractivity contribution in [3.05, 3.63) is 24.5 Å². The van der Waals surface area contributed by atoms with Crippen molar-refractivity contribution in [2.24, 2.45) is 5.92 Å². The standard InChI is InChI=1S/C19H26N4O2/c1-13-7-10-23(19(24)17-4-3-11-25-17)12-16(13)22(2)15-6-9-21-18-14(15)5-8-20-18/h5-6,8-9,13,16-17H,3-4,7,10-12H2,1-2H3,(H,20,21)/t13-,16+,17?/m1/s1. The first-order valence-corrected chi connectivity index (χ1v) is 9.20. The van der Waals surface area contributed by atoms with Crippen molar-refractivity contribution in [2.75, 3.05) is 31.6 Å². The van der Waals surface area contributed by atoms with Gasteiger partial charge in [-0.05, 0) is 37.3 Å². The number of rotatable bonds is 3. The van der Waals surface area contributed by atoms with Crippen LogP contribution in [0.1, 0.15) is 26.2 Å². The number of likely N-dealkylation sites (tertiary alicyclic amines) is 1. The number of carbonyl (C=O) groups is 1. The second-order valence-electron chi connectivity index (χ2n) is 7.30. The molecule has 0 bridgehead atoms. The molecule has 2 saturated heterocycles. The fourth-order valence-electron chi connectivity index (χ4n) is 4.16. The normalized spacial score (nSPS) is 27.0. The lowest BCUT2D eigenvalue weighted by Gasteiger charge is -2.43. The van der Waals surface area contributed by atoms with Gasteiger partial charge in [-0.2, -0.15) is 0 Å². The van der Waals surface area contributed by atoms with Crippen molar-refractivity contribution in [3.8, 4) is 0 Å². The molecule has 2 aromatic heterocycles. The Balaban J connectivity index is 1.55. The number of nitrogens with one attached hydrogen (secondary N) is 1. The van der Waals surface area contributed by atoms with E-state index in [4.69, 9.17) is 4.74 Å². The lowest BCUT2D eigenvalue weighted by molar-refractivity contribution is -0.142. The maximum atomic E-state index is 12.8. The molecule has 6 heteroatoms. The molecule has 134 valence electrons. The van der Waals surface area contributed by atoms with Gasteiger partial charge in [0.05, 0.1) is 0 Å². The number of aromatic amines is 1. The van der Waals surface area contributed by atoms with Crippen molar-refractivity contribution >= 4 is 22.6 Å². The number of aromatic nitrogens is 2. The van der Waals surface area contributed by atoms with Gasteiger partial charge in [0.1, 0.15) is 11.8 Å². The lowest BCUT2D eigenvalue weighted by Crippen LogP contribution is -2.54. The number of likely N-dealkylation sites (N-methyl/N-ethyl adjacent to an activating group) is 1. The number of H-pyrrole nitrogens is 1. The van der Waals surface area contributed by atoms with Crippen LogP contribution >= 0.6 is 0 Å². The number of amides is 1. The molecule has 4 heterocycles. The molecule has 6 nitrogen and oxygen atoms in total. The van der Waals surface area contributed by atoms with Gasteiger partial charge >= 0.3 is 0 Å². The molecule has 2 aliphatic rings. The van der Waals surface area contributed by atoms with Crippen molar-refractivity contribution in [3.63, 3.8) is 0 Å². The van der Waals surface area contributed by atoms with Gasteiger partial charge in [0.2, 0.25) is 0 Å². The van der Waals surface area contributed by atoms with Gasteiger partial charge in [-0.3, -0.25) is 4.79 Å². The first kappa shape index (κ1) is 16.4. The maximum absolute atomic E-state index is 12.8. The zero-order valence-corrected chi connectivity index (χ0v) is 14.9. The van der Waals surface area contributed by atoms with E-state index >= 15 is 0 Å². The SMILES string of the molecule is C[C@@H]1CCN(C(=O)C2CCCO2)C[C@@H]1N(C)c1ccnc2[nH]ccc12. The van der Waals surface area contributed by atoms with Crippen LogP contribution in [0.2, 0.25) is 0 Å². The molecule has 0 aromatic carbocycles. The monoisotopic (exact) mass is 342 g/mol. The second kappa shape index (κ2) is 6.67. The number of nitrogens with zero attached hydrogens (tertiary/aromatic N) is 3. The van der Waals surface area contributed by atoms with Crippen LogP contribution in [0.5, 0.6) is 0 Å². The predicted octanol–water partition coefficient (Wildman–Crippen LogP) is 2.42. The molecule has 3 atom stereocenters. The van der Waals surface area contributed by atoms with Crippen molar-refractivity contribution in [1.29, 1.82) is 0 Å². The fourth-order valence-corrected chi connectivity index (χ4v) is 4.16. The summed E-state index contributed by atoms with van der Waals surface area (Å²) in [4.78, 5) is 24.6. The third-order valence-electron chi connectivity index (χ3n) is 5.75. The molecule has 1 N–H and O–H groups in total. The summed E-state index contributed by atoms with van der Waals surface area (Å²) in [6.07, 6.45) is 6.41. The second-order valence-corrected chi connectivity index (χ2v) is 7.30. The van der Waals surface area contributed by atoms with Crippen molar-refractivity contribution in [2.45, 2.75) is 38.3 Å². The number of anilines is 1. The highest BCUT2D eigenvalue weighted by molar-refractivity contribution is 5.89. The minimum atomic E-state index is -0.225. The topological polar surface area (TPSA) is 61.5 Å². The highest BCUT2D eigenvalue weighted by Gasteiger charge is 2.35. The van der Waals surface area contributed by atoms with Crippen LogP contribution in [0.3, 0.4) is 0 Å². The van der Waals surface area contributed by atoms with Crippen LogP contribution in [0.15, 0.2) is 24.5 Å². The minimum Gasteiger partial charge on any atom is -0.369 e. The molecule has 0 aliphatic carbocycles. The van der Waals surface area contributed by atoms with Gasteiger partial charge in [0.15, 0.2) is 0 Å². The minimum absolute atomic E-state index is 0.171. The molecular weight excluding hydrogens is 316 g/mol. The number of carbonyl (C=O) groups excluding carboxylic acids is 1. The molecule has 2 aliphatic heterocycles. The summed E-state index contributed by atoms with van der Waals surface area (Å²) in [5.74, 6) is 0.699. The van der Waals surface area contributed by atoms with Gasteiger partial charge in [-0.15, -0.1) is 0 Å². The molecule has 0 spiro atoms. The van der Waals surface area contributed by atoms with Crippen LogP contribution in [0, 0.1) is 5.92 Å². The third kappa shape index (κ3) is 2.99. The van der Waals surface area contributed by atoms with Crippen LogP contribution in [-0.2, 0) is 9.53 Å². The summed E-state index contributed by atoms with van der Waals surface area (Å²) in [7, 11) is 2.13. The quantitative estimate of drug-likeness (QED) is 0.930. The van der Waals surface area contributed by atoms with Gasteiger partial charge in [-0.1, -0.05) is 6.92 Å². The summed E-state index contributed by atoms with van der Waals surface area (Å²) in [6.45, 7) is 4.59. The van der Waals surface area contributed by atoms with E-state index in [1.54, 1.807) is 0 Å². The zero-order valence-electron chi connectivity index (χ0n) is 14.9. The van der Waals surface area contributed by atoms with E-state index in [9.17, 15) is 4.79 Å². The number of hydrogen-bond acceptors (Lipinski definition) is 4. The van der Waals surface area contributed by atoms with Gasteiger partial charge < -0.3 is 19.5 Å². The highest BCUT2D eigenvalue weighted by Crippen LogP contribution is 2.30. The maximum Gasteiger partial charge on any atom is 0.251 e. The van der Waals surface area contributed by atoms with Gasteiger partial charge in [0, 0.05) is 56.3 Å². The first-order chi connectivity index (χ1) is 12.1. The van der Waals surface area contributed by atoms with E-state index in [1.807, 2.05) is 17.3 Å². The molecule has 0 radical (unpaired) electrons. The summed E-state index contributed by atoms with van der Waals surface area (Å²) < 4.78 is 5.61. The zero-order chi connectivity index (χ0) is 17.4. The van der Waals surface area contributed by atoms with Crippen LogP contribution < -0.4 is 4.90 Å². The number of ether oxygens (including phenoxy) is 1. The molecule has 0 saturated carbocycles. The smallest absolute Gasteiger partial charge is 0.251 e. The van der Waals surface area contributed by atoms with Crippen LogP contribution in [0.4, 0.5) is 5.69 Å². The average molecular weight is 342 g/mol. The van der Waals surface area contributed by atoms with E-state index < -0.39 is 0 Å². The summed E-state index contributed by atoms with van der Waals surface area (Å²) in [6, 6.07) is 4.42. The number of fused-ring (bicyclic) bond motifs is 1. The largest absolute Gasteiger partial charge is 0.369 e. The molecule has 1 unspecified atom stereocenters. The average Bonchev–Trinajstić information content (AvgIpc) is 3.32. The van der Waals surface area contributed by atoms with Gasteiger partial charge in [0.25, 0.3) is 5.91 Å². The van der Waals surface area contributed by atoms with E-state index in [0.717, 1.165) is 49.1 Å². The van der Waals surface area contributed by atoms with E-state index in [-0.39, 0.29) is 12.0 Å². The van der Waals surface area contributed by atoms with Crippen LogP contribution in [0.25, 0.3) is 11.0 Å². The number of piperidine rings is 1. The number of hydrogen-bond donors (Lipinski definition) is 1. The van der Waals surface area contributed by atoms with E-state index in [2.05, 4.69) is 41.0 Å². The number of pyridine rings is 1. The first-order valence-electron chi connectivity index (χ1n) is 9.20. The molecule has 25 heavy (non-hydrogen) atoms. The molecular formula is C19H26N4O2. The molecule has 4 rings (SSSR count). The highest BCUT2D eigenvalue weighted by atomic mass is 16.5. The Kier molecular flexibility index (Phi) is 4.37. The Morgan fingerprint density at radius 2 is 2.28 bits per heavy atom. The summed E-state index contributed by atoms with van der Waals surface area (Å²) in [5, 5.41) is 1.12. The fraction of sp³-hybridized carbons (Fsp3) is 0.579. The molecule has 1 amide bonds. The predicted molar refractivity (Wildman–Crippen MR) is 97.6 cm³/mol. The summed E-state index contributed by atoms with van der Waals surface area (Å²) >= 11 is 0. The summed E-state index contributed by atoms with van der Waals surface area (Å²) in [5.41, 5.74) is 2.06. The Morgan fingerprint density at radius 3 is 3.08 bits per heavy atom. The lowest BCUT2D eigenvalue weighted by atomic mass is 9.91. The Bertz CT molecular complexity index is 753. The van der Waals surface area contributed by atoms with E-state index in [0.29, 0.717) is 18.6 Å². The van der Waals surface area contributed by atoms with Crippen molar-refractivity contribution < 1.29 is 9.53 Å². The van der Waals surface area contributed by atoms with Crippen molar-refractivity contribution in [1.82, 2.24) is 14.9 Å².